The summed E-state index contributed by atoms with van der Waals surface area (Å²) in [7, 11) is 0. The molecule has 2 N–H and O–H groups in total. The number of anilines is 1. The number of pyridine rings is 1. The summed E-state index contributed by atoms with van der Waals surface area (Å²) in [4.78, 5) is 26.6. The van der Waals surface area contributed by atoms with Crippen LogP contribution >= 0.6 is 23.2 Å². The Morgan fingerprint density at radius 3 is 2.69 bits per heavy atom. The topological polar surface area (TPSA) is 71.2 Å². The molecule has 0 aliphatic heterocycles. The van der Waals surface area contributed by atoms with Gasteiger partial charge in [-0.05, 0) is 42.3 Å². The SMILES string of the molecule is CCc1cc(=O)[nH]c2cc(NC(=O)COc3ccc(Cl)cc3Cl)ccc12. The van der Waals surface area contributed by atoms with E-state index in [0.29, 0.717) is 27.0 Å². The van der Waals surface area contributed by atoms with Crippen molar-refractivity contribution in [1.29, 1.82) is 0 Å². The van der Waals surface area contributed by atoms with Crippen LogP contribution < -0.4 is 15.6 Å². The minimum Gasteiger partial charge on any atom is -0.482 e. The van der Waals surface area contributed by atoms with Crippen LogP contribution in [0.3, 0.4) is 0 Å². The second-order valence-corrected chi connectivity index (χ2v) is 6.53. The molecule has 5 nitrogen and oxygen atoms in total. The van der Waals surface area contributed by atoms with Gasteiger partial charge in [0.2, 0.25) is 5.56 Å². The molecule has 0 spiro atoms. The molecule has 3 rings (SSSR count). The Hall–Kier alpha value is -2.50. The van der Waals surface area contributed by atoms with Crippen LogP contribution in [-0.2, 0) is 11.2 Å². The maximum Gasteiger partial charge on any atom is 0.262 e. The second-order valence-electron chi connectivity index (χ2n) is 5.68. The number of aromatic amines is 1. The molecule has 1 amide bonds. The van der Waals surface area contributed by atoms with Crippen LogP contribution in [0.5, 0.6) is 5.75 Å². The molecule has 134 valence electrons. The molecule has 1 aromatic heterocycles. The minimum atomic E-state index is -0.343. The highest BCUT2D eigenvalue weighted by atomic mass is 35.5. The molecule has 0 unspecified atom stereocenters. The van der Waals surface area contributed by atoms with Gasteiger partial charge in [-0.2, -0.15) is 0 Å². The Kier molecular flexibility index (Phi) is 5.49. The van der Waals surface area contributed by atoms with Crippen molar-refractivity contribution in [1.82, 2.24) is 4.98 Å². The molecule has 0 saturated carbocycles. The van der Waals surface area contributed by atoms with E-state index in [0.717, 1.165) is 17.4 Å². The number of nitrogens with one attached hydrogen (secondary N) is 2. The lowest BCUT2D eigenvalue weighted by Gasteiger charge is -2.10. The van der Waals surface area contributed by atoms with Crippen molar-refractivity contribution in [3.8, 4) is 5.75 Å². The average molecular weight is 391 g/mol. The summed E-state index contributed by atoms with van der Waals surface area (Å²) in [6.45, 7) is 1.79. The molecular formula is C19H16Cl2N2O3. The third-order valence-electron chi connectivity index (χ3n) is 3.85. The standard InChI is InChI=1S/C19H16Cl2N2O3/c1-2-11-7-18(24)23-16-9-13(4-5-14(11)16)22-19(25)10-26-17-6-3-12(20)8-15(17)21/h3-9H,2,10H2,1H3,(H,22,25)(H,23,24). The smallest absolute Gasteiger partial charge is 0.262 e. The third kappa shape index (κ3) is 4.18. The zero-order valence-electron chi connectivity index (χ0n) is 13.9. The molecule has 0 bridgehead atoms. The van der Waals surface area contributed by atoms with E-state index in [2.05, 4.69) is 10.3 Å². The van der Waals surface area contributed by atoms with Gasteiger partial charge in [-0.1, -0.05) is 36.2 Å². The fourth-order valence-corrected chi connectivity index (χ4v) is 3.10. The average Bonchev–Trinajstić information content (AvgIpc) is 2.59. The van der Waals surface area contributed by atoms with Crippen LogP contribution in [0, 0.1) is 0 Å². The first-order valence-electron chi connectivity index (χ1n) is 8.00. The number of rotatable bonds is 5. The summed E-state index contributed by atoms with van der Waals surface area (Å²) in [5.74, 6) is 0.0333. The van der Waals surface area contributed by atoms with Crippen LogP contribution in [0.1, 0.15) is 12.5 Å². The van der Waals surface area contributed by atoms with Gasteiger partial charge in [0.25, 0.3) is 5.91 Å². The van der Waals surface area contributed by atoms with Crippen molar-refractivity contribution in [3.05, 3.63) is 68.4 Å². The highest BCUT2D eigenvalue weighted by molar-refractivity contribution is 6.35. The molecule has 7 heteroatoms. The molecule has 26 heavy (non-hydrogen) atoms. The molecule has 0 radical (unpaired) electrons. The van der Waals surface area contributed by atoms with Crippen LogP contribution in [-0.4, -0.2) is 17.5 Å². The van der Waals surface area contributed by atoms with Crippen molar-refractivity contribution >= 4 is 45.7 Å². The van der Waals surface area contributed by atoms with Crippen molar-refractivity contribution in [3.63, 3.8) is 0 Å². The van der Waals surface area contributed by atoms with Crippen molar-refractivity contribution in [2.45, 2.75) is 13.3 Å². The summed E-state index contributed by atoms with van der Waals surface area (Å²) in [6, 6.07) is 11.7. The molecule has 0 aliphatic carbocycles. The highest BCUT2D eigenvalue weighted by Gasteiger charge is 2.09. The number of aromatic nitrogens is 1. The van der Waals surface area contributed by atoms with Gasteiger partial charge in [0.05, 0.1) is 10.5 Å². The predicted molar refractivity (Wildman–Crippen MR) is 105 cm³/mol. The summed E-state index contributed by atoms with van der Waals surface area (Å²) in [5, 5.41) is 4.51. The van der Waals surface area contributed by atoms with E-state index in [-0.39, 0.29) is 18.1 Å². The van der Waals surface area contributed by atoms with Crippen LogP contribution in [0.2, 0.25) is 10.0 Å². The molecule has 0 aliphatic rings. The molecule has 2 aromatic carbocycles. The Labute approximate surface area is 159 Å². The first kappa shape index (κ1) is 18.3. The zero-order chi connectivity index (χ0) is 18.7. The van der Waals surface area contributed by atoms with Gasteiger partial charge in [-0.3, -0.25) is 9.59 Å². The molecule has 0 saturated heterocycles. The Bertz CT molecular complexity index is 1030. The molecular weight excluding hydrogens is 375 g/mol. The number of ether oxygens (including phenoxy) is 1. The zero-order valence-corrected chi connectivity index (χ0v) is 15.4. The number of fused-ring (bicyclic) bond motifs is 1. The van der Waals surface area contributed by atoms with E-state index in [1.807, 2.05) is 13.0 Å². The molecule has 0 atom stereocenters. The van der Waals surface area contributed by atoms with E-state index >= 15 is 0 Å². The summed E-state index contributed by atoms with van der Waals surface area (Å²) in [6.07, 6.45) is 0.752. The summed E-state index contributed by atoms with van der Waals surface area (Å²) < 4.78 is 5.41. The lowest BCUT2D eigenvalue weighted by atomic mass is 10.1. The third-order valence-corrected chi connectivity index (χ3v) is 4.38. The lowest BCUT2D eigenvalue weighted by Crippen LogP contribution is -2.20. The Morgan fingerprint density at radius 2 is 1.96 bits per heavy atom. The largest absolute Gasteiger partial charge is 0.482 e. The first-order valence-corrected chi connectivity index (χ1v) is 8.75. The van der Waals surface area contributed by atoms with Gasteiger partial charge in [-0.15, -0.1) is 0 Å². The highest BCUT2D eigenvalue weighted by Crippen LogP contribution is 2.27. The first-order chi connectivity index (χ1) is 12.5. The van der Waals surface area contributed by atoms with E-state index < -0.39 is 0 Å². The quantitative estimate of drug-likeness (QED) is 0.677. The number of aryl methyl sites for hydroxylation is 1. The summed E-state index contributed by atoms with van der Waals surface area (Å²) in [5.41, 5.74) is 2.03. The number of carbonyl (C=O) groups is 1. The van der Waals surface area contributed by atoms with Crippen LogP contribution in [0.25, 0.3) is 10.9 Å². The number of carbonyl (C=O) groups excluding carboxylic acids is 1. The fraction of sp³-hybridized carbons (Fsp3) is 0.158. The normalized spacial score (nSPS) is 10.7. The van der Waals surface area contributed by atoms with Crippen molar-refractivity contribution in [2.75, 3.05) is 11.9 Å². The maximum absolute atomic E-state index is 12.1. The van der Waals surface area contributed by atoms with Gasteiger partial charge in [0.1, 0.15) is 5.75 Å². The van der Waals surface area contributed by atoms with E-state index in [9.17, 15) is 9.59 Å². The Balaban J connectivity index is 1.72. The van der Waals surface area contributed by atoms with Crippen LogP contribution in [0.4, 0.5) is 5.69 Å². The Morgan fingerprint density at radius 1 is 1.15 bits per heavy atom. The minimum absolute atomic E-state index is 0.168. The van der Waals surface area contributed by atoms with Gasteiger partial charge in [0.15, 0.2) is 6.61 Å². The van der Waals surface area contributed by atoms with E-state index in [4.69, 9.17) is 27.9 Å². The molecule has 1 heterocycles. The van der Waals surface area contributed by atoms with Gasteiger partial charge >= 0.3 is 0 Å². The number of benzene rings is 2. The van der Waals surface area contributed by atoms with Gasteiger partial charge in [0, 0.05) is 22.2 Å². The predicted octanol–water partition coefficient (Wildman–Crippen LogP) is 4.41. The number of H-pyrrole nitrogens is 1. The lowest BCUT2D eigenvalue weighted by molar-refractivity contribution is -0.118. The van der Waals surface area contributed by atoms with Gasteiger partial charge < -0.3 is 15.0 Å². The summed E-state index contributed by atoms with van der Waals surface area (Å²) >= 11 is 11.8. The number of amides is 1. The number of hydrogen-bond acceptors (Lipinski definition) is 3. The van der Waals surface area contributed by atoms with Crippen molar-refractivity contribution < 1.29 is 9.53 Å². The molecule has 3 aromatic rings. The second kappa shape index (κ2) is 7.81. The fourth-order valence-electron chi connectivity index (χ4n) is 2.64. The van der Waals surface area contributed by atoms with Gasteiger partial charge in [-0.25, -0.2) is 0 Å². The molecule has 0 fully saturated rings. The van der Waals surface area contributed by atoms with E-state index in [1.165, 1.54) is 0 Å². The maximum atomic E-state index is 12.1. The van der Waals surface area contributed by atoms with Crippen molar-refractivity contribution in [2.24, 2.45) is 0 Å². The van der Waals surface area contributed by atoms with Crippen LogP contribution in [0.15, 0.2) is 47.3 Å². The monoisotopic (exact) mass is 390 g/mol. The number of hydrogen-bond donors (Lipinski definition) is 2. The number of halogens is 2. The van der Waals surface area contributed by atoms with E-state index in [1.54, 1.807) is 36.4 Å².